The third-order valence-corrected chi connectivity index (χ3v) is 2.95. The second-order valence-electron chi connectivity index (χ2n) is 4.32. The lowest BCUT2D eigenvalue weighted by Crippen LogP contribution is -2.09. The van der Waals surface area contributed by atoms with Gasteiger partial charge in [0.1, 0.15) is 5.69 Å². The molecule has 2 aromatic rings. The predicted octanol–water partition coefficient (Wildman–Crippen LogP) is 2.16. The van der Waals surface area contributed by atoms with Crippen LogP contribution in [0.15, 0.2) is 24.3 Å². The molecule has 0 atom stereocenters. The number of hydrogen-bond donors (Lipinski definition) is 0. The highest BCUT2D eigenvalue weighted by Gasteiger charge is 2.17. The second kappa shape index (κ2) is 5.12. The molecule has 104 valence electrons. The van der Waals surface area contributed by atoms with Gasteiger partial charge in [0.15, 0.2) is 5.75 Å². The Kier molecular flexibility index (Phi) is 3.51. The van der Waals surface area contributed by atoms with Crippen LogP contribution >= 0.6 is 0 Å². The molecule has 7 nitrogen and oxygen atoms in total. The van der Waals surface area contributed by atoms with E-state index in [-0.39, 0.29) is 11.3 Å². The van der Waals surface area contributed by atoms with Crippen molar-refractivity contribution >= 4 is 11.7 Å². The van der Waals surface area contributed by atoms with Crippen molar-refractivity contribution in [3.8, 4) is 5.75 Å². The highest BCUT2D eigenvalue weighted by atomic mass is 16.6. The van der Waals surface area contributed by atoms with Crippen molar-refractivity contribution < 1.29 is 14.5 Å². The van der Waals surface area contributed by atoms with E-state index in [4.69, 9.17) is 4.74 Å². The summed E-state index contributed by atoms with van der Waals surface area (Å²) in [4.78, 5) is 22.0. The predicted molar refractivity (Wildman–Crippen MR) is 70.7 cm³/mol. The number of benzene rings is 1. The monoisotopic (exact) mass is 275 g/mol. The third kappa shape index (κ3) is 2.51. The van der Waals surface area contributed by atoms with E-state index in [0.29, 0.717) is 11.4 Å². The zero-order valence-electron chi connectivity index (χ0n) is 11.3. The molecule has 0 spiro atoms. The molecule has 0 unspecified atom stereocenters. The van der Waals surface area contributed by atoms with Crippen LogP contribution in [0.25, 0.3) is 0 Å². The smallest absolute Gasteiger partial charge is 0.343 e. The Balaban J connectivity index is 2.22. The maximum absolute atomic E-state index is 12.0. The van der Waals surface area contributed by atoms with Gasteiger partial charge in [-0.25, -0.2) is 4.79 Å². The zero-order valence-corrected chi connectivity index (χ0v) is 11.3. The summed E-state index contributed by atoms with van der Waals surface area (Å²) < 4.78 is 6.91. The SMILES string of the molecule is Cc1nn(C)c(C)c1OC(=O)c1ccc([N+](=O)[O-])cc1. The first-order valence-corrected chi connectivity index (χ1v) is 5.87. The van der Waals surface area contributed by atoms with Gasteiger partial charge in [-0.05, 0) is 26.0 Å². The summed E-state index contributed by atoms with van der Waals surface area (Å²) >= 11 is 0. The molecule has 2 rings (SSSR count). The van der Waals surface area contributed by atoms with E-state index in [2.05, 4.69) is 5.10 Å². The van der Waals surface area contributed by atoms with E-state index >= 15 is 0 Å². The maximum atomic E-state index is 12.0. The molecule has 1 heterocycles. The Morgan fingerprint density at radius 1 is 1.30 bits per heavy atom. The molecular weight excluding hydrogens is 262 g/mol. The minimum atomic E-state index is -0.570. The van der Waals surface area contributed by atoms with Crippen LogP contribution in [0.2, 0.25) is 0 Å². The van der Waals surface area contributed by atoms with Crippen molar-refractivity contribution in [2.45, 2.75) is 13.8 Å². The van der Waals surface area contributed by atoms with E-state index in [1.165, 1.54) is 24.3 Å². The Morgan fingerprint density at radius 2 is 1.90 bits per heavy atom. The number of non-ortho nitro benzene ring substituents is 1. The van der Waals surface area contributed by atoms with Crippen molar-refractivity contribution in [3.63, 3.8) is 0 Å². The summed E-state index contributed by atoms with van der Waals surface area (Å²) in [5, 5.41) is 14.7. The fraction of sp³-hybridized carbons (Fsp3) is 0.231. The molecule has 0 aliphatic rings. The molecule has 0 aliphatic carbocycles. The van der Waals surface area contributed by atoms with Crippen LogP contribution in [0.5, 0.6) is 5.75 Å². The lowest BCUT2D eigenvalue weighted by Gasteiger charge is -2.04. The fourth-order valence-electron chi connectivity index (χ4n) is 1.77. The van der Waals surface area contributed by atoms with Gasteiger partial charge in [0, 0.05) is 19.2 Å². The molecule has 1 aromatic carbocycles. The highest BCUT2D eigenvalue weighted by Crippen LogP contribution is 2.23. The Morgan fingerprint density at radius 3 is 2.35 bits per heavy atom. The molecule has 0 bridgehead atoms. The van der Waals surface area contributed by atoms with Gasteiger partial charge in [-0.1, -0.05) is 0 Å². The molecule has 0 fully saturated rings. The minimum absolute atomic E-state index is 0.0738. The first-order chi connectivity index (χ1) is 9.40. The quantitative estimate of drug-likeness (QED) is 0.486. The summed E-state index contributed by atoms with van der Waals surface area (Å²) in [6, 6.07) is 5.25. The first kappa shape index (κ1) is 13.7. The minimum Gasteiger partial charge on any atom is -0.419 e. The summed E-state index contributed by atoms with van der Waals surface area (Å²) in [6.45, 7) is 3.53. The highest BCUT2D eigenvalue weighted by molar-refractivity contribution is 5.91. The number of rotatable bonds is 3. The van der Waals surface area contributed by atoms with Crippen molar-refractivity contribution in [1.82, 2.24) is 9.78 Å². The summed E-state index contributed by atoms with van der Waals surface area (Å²) in [5.41, 5.74) is 1.52. The van der Waals surface area contributed by atoms with E-state index in [1.807, 2.05) is 0 Å². The van der Waals surface area contributed by atoms with Crippen molar-refractivity contribution in [2.24, 2.45) is 7.05 Å². The number of ether oxygens (including phenoxy) is 1. The number of aromatic nitrogens is 2. The molecule has 0 saturated carbocycles. The molecule has 0 radical (unpaired) electrons. The Labute approximate surface area is 114 Å². The summed E-state index contributed by atoms with van der Waals surface area (Å²) in [5.74, 6) is -0.157. The molecule has 0 amide bonds. The van der Waals surface area contributed by atoms with E-state index in [1.54, 1.807) is 25.6 Å². The van der Waals surface area contributed by atoms with Crippen LogP contribution < -0.4 is 4.74 Å². The lowest BCUT2D eigenvalue weighted by atomic mass is 10.2. The van der Waals surface area contributed by atoms with E-state index in [0.717, 1.165) is 5.69 Å². The number of nitro groups is 1. The van der Waals surface area contributed by atoms with Crippen LogP contribution in [0, 0.1) is 24.0 Å². The second-order valence-corrected chi connectivity index (χ2v) is 4.32. The Hall–Kier alpha value is -2.70. The van der Waals surface area contributed by atoms with Gasteiger partial charge in [0.25, 0.3) is 5.69 Å². The number of carbonyl (C=O) groups excluding carboxylic acids is 1. The zero-order chi connectivity index (χ0) is 14.9. The largest absolute Gasteiger partial charge is 0.419 e. The number of aryl methyl sites for hydroxylation is 2. The van der Waals surface area contributed by atoms with Gasteiger partial charge in [0.05, 0.1) is 16.2 Å². The number of nitrogens with zero attached hydrogens (tertiary/aromatic N) is 3. The standard InChI is InChI=1S/C13H13N3O4/c1-8-12(9(2)15(3)14-8)20-13(17)10-4-6-11(7-5-10)16(18)19/h4-7H,1-3H3. The van der Waals surface area contributed by atoms with Gasteiger partial charge in [-0.15, -0.1) is 0 Å². The topological polar surface area (TPSA) is 87.3 Å². The van der Waals surface area contributed by atoms with Crippen LogP contribution in [0.3, 0.4) is 0 Å². The van der Waals surface area contributed by atoms with Gasteiger partial charge < -0.3 is 4.74 Å². The van der Waals surface area contributed by atoms with Crippen LogP contribution in [0.1, 0.15) is 21.7 Å². The van der Waals surface area contributed by atoms with E-state index < -0.39 is 10.9 Å². The number of esters is 1. The number of hydrogen-bond acceptors (Lipinski definition) is 5. The molecule has 0 N–H and O–H groups in total. The molecule has 0 aliphatic heterocycles. The van der Waals surface area contributed by atoms with Gasteiger partial charge in [0.2, 0.25) is 0 Å². The number of carbonyl (C=O) groups is 1. The summed E-state index contributed by atoms with van der Waals surface area (Å²) in [7, 11) is 1.76. The first-order valence-electron chi connectivity index (χ1n) is 5.87. The van der Waals surface area contributed by atoms with Gasteiger partial charge in [-0.3, -0.25) is 14.8 Å². The maximum Gasteiger partial charge on any atom is 0.343 e. The average Bonchev–Trinajstić information content (AvgIpc) is 2.65. The normalized spacial score (nSPS) is 10.3. The van der Waals surface area contributed by atoms with Crippen molar-refractivity contribution in [3.05, 3.63) is 51.3 Å². The van der Waals surface area contributed by atoms with Crippen LogP contribution in [0.4, 0.5) is 5.69 Å². The van der Waals surface area contributed by atoms with Crippen molar-refractivity contribution in [1.29, 1.82) is 0 Å². The van der Waals surface area contributed by atoms with E-state index in [9.17, 15) is 14.9 Å². The fourth-order valence-corrected chi connectivity index (χ4v) is 1.77. The summed E-state index contributed by atoms with van der Waals surface area (Å²) in [6.07, 6.45) is 0. The Bertz CT molecular complexity index is 674. The molecule has 7 heteroatoms. The van der Waals surface area contributed by atoms with Gasteiger partial charge >= 0.3 is 5.97 Å². The van der Waals surface area contributed by atoms with Crippen LogP contribution in [-0.2, 0) is 7.05 Å². The molecule has 20 heavy (non-hydrogen) atoms. The third-order valence-electron chi connectivity index (χ3n) is 2.95. The lowest BCUT2D eigenvalue weighted by molar-refractivity contribution is -0.384. The van der Waals surface area contributed by atoms with Crippen LogP contribution in [-0.4, -0.2) is 20.7 Å². The van der Waals surface area contributed by atoms with Gasteiger partial charge in [-0.2, -0.15) is 5.10 Å². The van der Waals surface area contributed by atoms with Crippen molar-refractivity contribution in [2.75, 3.05) is 0 Å². The molecule has 1 aromatic heterocycles. The molecular formula is C13H13N3O4. The average molecular weight is 275 g/mol. The molecule has 0 saturated heterocycles. The number of nitro benzene ring substituents is 1.